The standard InChI is InChI=1S/C35H46B2O4/c1-32(2)33(3,4)39-36(38-32)26-17-15-24(28-20-9-11-21(12-10-20)30(26)28)25-16-18-27(31-23-14-13-22(19-23)29(25)31)37-40-34(5,6)35(7,8)41-37/h15-18,20-23H,9-14,19H2,1-8H3. The molecule has 0 aromatic heterocycles. The molecule has 0 amide bonds. The van der Waals surface area contributed by atoms with Gasteiger partial charge in [-0.1, -0.05) is 24.3 Å². The highest BCUT2D eigenvalue weighted by Gasteiger charge is 2.55. The molecule has 0 N–H and O–H groups in total. The van der Waals surface area contributed by atoms with Gasteiger partial charge in [0.1, 0.15) is 0 Å². The first-order valence-electron chi connectivity index (χ1n) is 16.3. The predicted molar refractivity (Wildman–Crippen MR) is 167 cm³/mol. The summed E-state index contributed by atoms with van der Waals surface area (Å²) in [6.45, 7) is 17.3. The van der Waals surface area contributed by atoms with Crippen molar-refractivity contribution in [3.8, 4) is 11.1 Å². The van der Waals surface area contributed by atoms with E-state index in [9.17, 15) is 0 Å². The molecule has 2 aliphatic heterocycles. The van der Waals surface area contributed by atoms with Crippen molar-refractivity contribution in [3.05, 3.63) is 46.5 Å². The summed E-state index contributed by atoms with van der Waals surface area (Å²) >= 11 is 0. The van der Waals surface area contributed by atoms with Gasteiger partial charge in [0.25, 0.3) is 0 Å². The van der Waals surface area contributed by atoms with Crippen LogP contribution in [-0.4, -0.2) is 36.6 Å². The molecule has 2 saturated heterocycles. The SMILES string of the molecule is CC1(C)OB(c2ccc(-c3ccc(B4OC(C)(C)C(C)(C)O4)c4c3C3CCC4C3)c3c2C2CCC3CC2)OC1(C)C. The summed E-state index contributed by atoms with van der Waals surface area (Å²) in [5.41, 5.74) is 10.5. The zero-order valence-corrected chi connectivity index (χ0v) is 26.4. The van der Waals surface area contributed by atoms with E-state index in [1.165, 1.54) is 67.0 Å². The molecule has 2 aromatic rings. The molecule has 2 saturated carbocycles. The van der Waals surface area contributed by atoms with Gasteiger partial charge in [0.05, 0.1) is 22.4 Å². The van der Waals surface area contributed by atoms with Gasteiger partial charge in [0, 0.05) is 0 Å². The average Bonchev–Trinajstić information content (AvgIpc) is 3.64. The van der Waals surface area contributed by atoms with Gasteiger partial charge in [-0.15, -0.1) is 0 Å². The van der Waals surface area contributed by atoms with Gasteiger partial charge in [-0.25, -0.2) is 0 Å². The van der Waals surface area contributed by atoms with Gasteiger partial charge in [0.15, 0.2) is 0 Å². The summed E-state index contributed by atoms with van der Waals surface area (Å²) in [6, 6.07) is 9.56. The van der Waals surface area contributed by atoms with E-state index in [2.05, 4.69) is 79.7 Å². The van der Waals surface area contributed by atoms with E-state index in [-0.39, 0.29) is 36.6 Å². The van der Waals surface area contributed by atoms with Crippen molar-refractivity contribution < 1.29 is 18.6 Å². The van der Waals surface area contributed by atoms with E-state index in [1.807, 2.05) is 0 Å². The zero-order chi connectivity index (χ0) is 28.7. The average molecular weight is 552 g/mol. The molecule has 41 heavy (non-hydrogen) atoms. The summed E-state index contributed by atoms with van der Waals surface area (Å²) < 4.78 is 26.5. The van der Waals surface area contributed by atoms with E-state index < -0.39 is 0 Å². The Labute approximate surface area is 247 Å². The number of rotatable bonds is 3. The summed E-state index contributed by atoms with van der Waals surface area (Å²) in [5, 5.41) is 0. The fourth-order valence-electron chi connectivity index (χ4n) is 9.09. The van der Waals surface area contributed by atoms with Crippen molar-refractivity contribution in [3.63, 3.8) is 0 Å². The van der Waals surface area contributed by atoms with Crippen molar-refractivity contribution in [1.82, 2.24) is 0 Å². The van der Waals surface area contributed by atoms with Crippen LogP contribution in [0.5, 0.6) is 0 Å². The molecule has 4 nitrogen and oxygen atoms in total. The van der Waals surface area contributed by atoms with E-state index in [0.29, 0.717) is 23.7 Å². The molecule has 216 valence electrons. The first kappa shape index (κ1) is 27.0. The van der Waals surface area contributed by atoms with Gasteiger partial charge in [-0.05, 0) is 168 Å². The smallest absolute Gasteiger partial charge is 0.399 e. The van der Waals surface area contributed by atoms with Crippen molar-refractivity contribution in [2.45, 2.75) is 146 Å². The van der Waals surface area contributed by atoms with E-state index in [4.69, 9.17) is 18.6 Å². The third kappa shape index (κ3) is 3.69. The molecule has 0 radical (unpaired) electrons. The molecule has 4 bridgehead atoms. The highest BCUT2D eigenvalue weighted by molar-refractivity contribution is 6.63. The van der Waals surface area contributed by atoms with Gasteiger partial charge in [0.2, 0.25) is 0 Å². The Morgan fingerprint density at radius 2 is 0.780 bits per heavy atom. The molecule has 2 unspecified atom stereocenters. The predicted octanol–water partition coefficient (Wildman–Crippen LogP) is 7.07. The first-order chi connectivity index (χ1) is 19.3. The monoisotopic (exact) mass is 552 g/mol. The Kier molecular flexibility index (Phi) is 5.61. The van der Waals surface area contributed by atoms with Crippen LogP contribution in [0.3, 0.4) is 0 Å². The summed E-state index contributed by atoms with van der Waals surface area (Å²) in [6.07, 6.45) is 9.05. The molecule has 2 aromatic carbocycles. The highest BCUT2D eigenvalue weighted by atomic mass is 16.7. The summed E-state index contributed by atoms with van der Waals surface area (Å²) in [4.78, 5) is 0. The lowest BCUT2D eigenvalue weighted by Gasteiger charge is -2.41. The zero-order valence-electron chi connectivity index (χ0n) is 26.4. The normalized spacial score (nSPS) is 33.0. The third-order valence-electron chi connectivity index (χ3n) is 12.7. The maximum Gasteiger partial charge on any atom is 0.495 e. The molecule has 9 rings (SSSR count). The Morgan fingerprint density at radius 3 is 1.22 bits per heavy atom. The first-order valence-corrected chi connectivity index (χ1v) is 16.3. The van der Waals surface area contributed by atoms with Gasteiger partial charge in [-0.3, -0.25) is 0 Å². The second-order valence-corrected chi connectivity index (χ2v) is 16.0. The molecule has 7 aliphatic rings. The van der Waals surface area contributed by atoms with Crippen LogP contribution in [0.1, 0.15) is 146 Å². The molecule has 4 fully saturated rings. The fraction of sp³-hybridized carbons (Fsp3) is 0.657. The van der Waals surface area contributed by atoms with Crippen LogP contribution >= 0.6 is 0 Å². The lowest BCUT2D eigenvalue weighted by atomic mass is 9.59. The van der Waals surface area contributed by atoms with Crippen molar-refractivity contribution in [2.75, 3.05) is 0 Å². The van der Waals surface area contributed by atoms with Gasteiger partial charge >= 0.3 is 14.2 Å². The van der Waals surface area contributed by atoms with Crippen molar-refractivity contribution >= 4 is 25.2 Å². The van der Waals surface area contributed by atoms with Crippen LogP contribution in [-0.2, 0) is 18.6 Å². The largest absolute Gasteiger partial charge is 0.495 e. The molecule has 0 spiro atoms. The number of benzene rings is 2. The Balaban J connectivity index is 1.27. The minimum atomic E-state index is -0.333. The third-order valence-corrected chi connectivity index (χ3v) is 12.7. The number of hydrogen-bond donors (Lipinski definition) is 0. The molecule has 2 heterocycles. The number of hydrogen-bond acceptors (Lipinski definition) is 4. The van der Waals surface area contributed by atoms with Crippen LogP contribution in [0, 0.1) is 0 Å². The van der Waals surface area contributed by atoms with Gasteiger partial charge < -0.3 is 18.6 Å². The minimum Gasteiger partial charge on any atom is -0.399 e. The van der Waals surface area contributed by atoms with E-state index >= 15 is 0 Å². The molecular weight excluding hydrogens is 506 g/mol. The van der Waals surface area contributed by atoms with Crippen LogP contribution in [0.25, 0.3) is 11.1 Å². The second-order valence-electron chi connectivity index (χ2n) is 16.0. The lowest BCUT2D eigenvalue weighted by molar-refractivity contribution is 0.00578. The Bertz CT molecular complexity index is 1400. The quantitative estimate of drug-likeness (QED) is 0.382. The van der Waals surface area contributed by atoms with Crippen molar-refractivity contribution in [1.29, 1.82) is 0 Å². The molecule has 5 aliphatic carbocycles. The lowest BCUT2D eigenvalue weighted by Crippen LogP contribution is -2.41. The van der Waals surface area contributed by atoms with E-state index in [0.717, 1.165) is 0 Å². The molecular formula is C35H46B2O4. The minimum absolute atomic E-state index is 0.294. The molecule has 6 heteroatoms. The summed E-state index contributed by atoms with van der Waals surface area (Å²) in [7, 11) is -0.590. The van der Waals surface area contributed by atoms with Crippen molar-refractivity contribution in [2.24, 2.45) is 0 Å². The highest BCUT2D eigenvalue weighted by Crippen LogP contribution is 2.58. The summed E-state index contributed by atoms with van der Waals surface area (Å²) in [5.74, 6) is 2.51. The maximum absolute atomic E-state index is 6.64. The Hall–Kier alpha value is -1.59. The fourth-order valence-corrected chi connectivity index (χ4v) is 9.09. The van der Waals surface area contributed by atoms with Crippen LogP contribution in [0.2, 0.25) is 0 Å². The number of fused-ring (bicyclic) bond motifs is 7. The maximum atomic E-state index is 6.64. The Morgan fingerprint density at radius 1 is 0.463 bits per heavy atom. The topological polar surface area (TPSA) is 36.9 Å². The van der Waals surface area contributed by atoms with E-state index in [1.54, 1.807) is 22.3 Å². The van der Waals surface area contributed by atoms with Crippen LogP contribution < -0.4 is 10.9 Å². The molecule has 2 atom stereocenters. The second kappa shape index (κ2) is 8.52. The van der Waals surface area contributed by atoms with Gasteiger partial charge in [-0.2, -0.15) is 0 Å². The van der Waals surface area contributed by atoms with Crippen LogP contribution in [0.4, 0.5) is 0 Å². The van der Waals surface area contributed by atoms with Crippen LogP contribution in [0.15, 0.2) is 24.3 Å².